The van der Waals surface area contributed by atoms with E-state index in [-0.39, 0.29) is 22.1 Å². The Morgan fingerprint density at radius 3 is 2.55 bits per heavy atom. The molecule has 0 saturated carbocycles. The first kappa shape index (κ1) is 21.6. The van der Waals surface area contributed by atoms with Crippen LogP contribution in [0.1, 0.15) is 24.2 Å². The van der Waals surface area contributed by atoms with Gasteiger partial charge < -0.3 is 14.5 Å². The van der Waals surface area contributed by atoms with Gasteiger partial charge in [0.25, 0.3) is 5.91 Å². The van der Waals surface area contributed by atoms with Crippen molar-refractivity contribution in [1.29, 1.82) is 0 Å². The molecule has 4 rings (SSSR count). The minimum absolute atomic E-state index is 0.0340. The SMILES string of the molecule is CCOc1ccc2nc(N3CCN(C(=O)c4ccccc4S(=O)(=O)CC)CC3)sc2c1. The summed E-state index contributed by atoms with van der Waals surface area (Å²) >= 11 is 1.61. The average molecular weight is 460 g/mol. The molecule has 1 fully saturated rings. The van der Waals surface area contributed by atoms with E-state index in [0.29, 0.717) is 32.8 Å². The third kappa shape index (κ3) is 4.38. The summed E-state index contributed by atoms with van der Waals surface area (Å²) in [6.45, 7) is 6.48. The summed E-state index contributed by atoms with van der Waals surface area (Å²) in [5, 5.41) is 0.921. The van der Waals surface area contributed by atoms with Gasteiger partial charge in [-0.05, 0) is 37.3 Å². The minimum Gasteiger partial charge on any atom is -0.494 e. The minimum atomic E-state index is -3.47. The number of carbonyl (C=O) groups excluding carboxylic acids is 1. The molecule has 0 N–H and O–H groups in total. The first-order valence-electron chi connectivity index (χ1n) is 10.3. The molecule has 2 heterocycles. The van der Waals surface area contributed by atoms with Gasteiger partial charge in [-0.25, -0.2) is 13.4 Å². The Labute approximate surface area is 186 Å². The van der Waals surface area contributed by atoms with Crippen LogP contribution in [0.25, 0.3) is 10.2 Å². The van der Waals surface area contributed by atoms with Crippen molar-refractivity contribution in [3.8, 4) is 5.75 Å². The molecule has 3 aromatic rings. The van der Waals surface area contributed by atoms with E-state index in [1.54, 1.807) is 41.4 Å². The summed E-state index contributed by atoms with van der Waals surface area (Å²) in [6, 6.07) is 12.4. The van der Waals surface area contributed by atoms with Gasteiger partial charge in [-0.1, -0.05) is 30.4 Å². The quantitative estimate of drug-likeness (QED) is 0.562. The molecule has 0 aliphatic carbocycles. The van der Waals surface area contributed by atoms with Crippen LogP contribution in [0, 0.1) is 0 Å². The molecule has 1 aliphatic heterocycles. The molecule has 0 spiro atoms. The Hall–Kier alpha value is -2.65. The Kier molecular flexibility index (Phi) is 6.15. The van der Waals surface area contributed by atoms with Gasteiger partial charge in [0.05, 0.1) is 33.0 Å². The highest BCUT2D eigenvalue weighted by Gasteiger charge is 2.28. The van der Waals surface area contributed by atoms with Gasteiger partial charge in [0.1, 0.15) is 5.75 Å². The van der Waals surface area contributed by atoms with Crippen molar-refractivity contribution >= 4 is 42.4 Å². The van der Waals surface area contributed by atoms with Gasteiger partial charge in [-0.15, -0.1) is 0 Å². The maximum atomic E-state index is 13.1. The smallest absolute Gasteiger partial charge is 0.255 e. The zero-order valence-corrected chi connectivity index (χ0v) is 19.2. The largest absolute Gasteiger partial charge is 0.494 e. The van der Waals surface area contributed by atoms with E-state index in [9.17, 15) is 13.2 Å². The molecule has 2 aromatic carbocycles. The number of rotatable bonds is 6. The number of thiazole rings is 1. The predicted molar refractivity (Wildman–Crippen MR) is 123 cm³/mol. The van der Waals surface area contributed by atoms with Crippen molar-refractivity contribution in [2.45, 2.75) is 18.7 Å². The van der Waals surface area contributed by atoms with Gasteiger partial charge in [-0.3, -0.25) is 4.79 Å². The number of sulfone groups is 1. The summed E-state index contributed by atoms with van der Waals surface area (Å²) in [4.78, 5) is 21.8. The van der Waals surface area contributed by atoms with Gasteiger partial charge in [-0.2, -0.15) is 0 Å². The fourth-order valence-corrected chi connectivity index (χ4v) is 5.76. The summed E-state index contributed by atoms with van der Waals surface area (Å²) in [7, 11) is -3.47. The van der Waals surface area contributed by atoms with E-state index < -0.39 is 9.84 Å². The monoisotopic (exact) mass is 459 g/mol. The molecule has 7 nitrogen and oxygen atoms in total. The summed E-state index contributed by atoms with van der Waals surface area (Å²) in [5.74, 6) is 0.562. The predicted octanol–water partition coefficient (Wildman–Crippen LogP) is 3.45. The lowest BCUT2D eigenvalue weighted by atomic mass is 10.2. The Balaban J connectivity index is 1.48. The van der Waals surface area contributed by atoms with Crippen LogP contribution >= 0.6 is 11.3 Å². The van der Waals surface area contributed by atoms with Crippen molar-refractivity contribution in [2.24, 2.45) is 0 Å². The number of carbonyl (C=O) groups is 1. The molecule has 9 heteroatoms. The standard InChI is InChI=1S/C22H25N3O4S2/c1-3-29-16-9-10-18-19(15-16)30-22(23-18)25-13-11-24(12-14-25)21(26)17-7-5-6-8-20(17)31(27,28)4-2/h5-10,15H,3-4,11-14H2,1-2H3. The molecule has 1 amide bonds. The summed E-state index contributed by atoms with van der Waals surface area (Å²) in [6.07, 6.45) is 0. The van der Waals surface area contributed by atoms with Crippen molar-refractivity contribution < 1.29 is 17.9 Å². The maximum Gasteiger partial charge on any atom is 0.255 e. The van der Waals surface area contributed by atoms with Gasteiger partial charge >= 0.3 is 0 Å². The van der Waals surface area contributed by atoms with Crippen LogP contribution in [-0.4, -0.2) is 62.7 Å². The van der Waals surface area contributed by atoms with Crippen LogP contribution in [0.5, 0.6) is 5.75 Å². The number of piperazine rings is 1. The van der Waals surface area contributed by atoms with E-state index >= 15 is 0 Å². The first-order valence-corrected chi connectivity index (χ1v) is 12.8. The molecule has 0 atom stereocenters. The van der Waals surface area contributed by atoms with Crippen LogP contribution < -0.4 is 9.64 Å². The molecule has 0 unspecified atom stereocenters. The lowest BCUT2D eigenvalue weighted by molar-refractivity contribution is 0.0743. The van der Waals surface area contributed by atoms with E-state index in [4.69, 9.17) is 9.72 Å². The van der Waals surface area contributed by atoms with Gasteiger partial charge in [0.2, 0.25) is 0 Å². The molecule has 1 aliphatic rings. The number of amides is 1. The molecule has 1 saturated heterocycles. The van der Waals surface area contributed by atoms with Crippen LogP contribution in [0.15, 0.2) is 47.4 Å². The molecule has 164 valence electrons. The first-order chi connectivity index (χ1) is 14.9. The molecule has 1 aromatic heterocycles. The zero-order valence-electron chi connectivity index (χ0n) is 17.6. The Bertz CT molecular complexity index is 1200. The van der Waals surface area contributed by atoms with E-state index in [2.05, 4.69) is 4.90 Å². The van der Waals surface area contributed by atoms with Gasteiger partial charge in [0.15, 0.2) is 15.0 Å². The molecule has 0 radical (unpaired) electrons. The Morgan fingerprint density at radius 2 is 1.84 bits per heavy atom. The van der Waals surface area contributed by atoms with E-state index in [1.165, 1.54) is 6.07 Å². The average Bonchev–Trinajstić information content (AvgIpc) is 3.22. The number of ether oxygens (including phenoxy) is 1. The fourth-order valence-electron chi connectivity index (χ4n) is 3.63. The third-order valence-electron chi connectivity index (χ3n) is 5.33. The van der Waals surface area contributed by atoms with Crippen LogP contribution in [0.2, 0.25) is 0 Å². The summed E-state index contributed by atoms with van der Waals surface area (Å²) in [5.41, 5.74) is 1.18. The van der Waals surface area contributed by atoms with Crippen molar-refractivity contribution in [1.82, 2.24) is 9.88 Å². The number of hydrogen-bond acceptors (Lipinski definition) is 7. The number of fused-ring (bicyclic) bond motifs is 1. The van der Waals surface area contributed by atoms with Crippen molar-refractivity contribution in [3.63, 3.8) is 0 Å². The normalized spacial score (nSPS) is 14.8. The highest BCUT2D eigenvalue weighted by molar-refractivity contribution is 7.91. The lowest BCUT2D eigenvalue weighted by Gasteiger charge is -2.34. The second kappa shape index (κ2) is 8.84. The van der Waals surface area contributed by atoms with Crippen LogP contribution in [-0.2, 0) is 9.84 Å². The number of aromatic nitrogens is 1. The molecule has 0 bridgehead atoms. The van der Waals surface area contributed by atoms with Crippen molar-refractivity contribution in [2.75, 3.05) is 43.4 Å². The molecule has 31 heavy (non-hydrogen) atoms. The zero-order chi connectivity index (χ0) is 22.0. The topological polar surface area (TPSA) is 79.8 Å². The van der Waals surface area contributed by atoms with E-state index in [0.717, 1.165) is 21.1 Å². The maximum absolute atomic E-state index is 13.1. The Morgan fingerprint density at radius 1 is 1.10 bits per heavy atom. The van der Waals surface area contributed by atoms with Crippen LogP contribution in [0.3, 0.4) is 0 Å². The number of benzene rings is 2. The highest BCUT2D eigenvalue weighted by Crippen LogP contribution is 2.32. The van der Waals surface area contributed by atoms with Crippen LogP contribution in [0.4, 0.5) is 5.13 Å². The third-order valence-corrected chi connectivity index (χ3v) is 8.19. The highest BCUT2D eigenvalue weighted by atomic mass is 32.2. The fraction of sp³-hybridized carbons (Fsp3) is 0.364. The molecular formula is C22H25N3O4S2. The summed E-state index contributed by atoms with van der Waals surface area (Å²) < 4.78 is 31.4. The second-order valence-electron chi connectivity index (χ2n) is 7.24. The van der Waals surface area contributed by atoms with Crippen molar-refractivity contribution in [3.05, 3.63) is 48.0 Å². The molecular weight excluding hydrogens is 434 g/mol. The lowest BCUT2D eigenvalue weighted by Crippen LogP contribution is -2.49. The second-order valence-corrected chi connectivity index (χ2v) is 10.5. The van der Waals surface area contributed by atoms with E-state index in [1.807, 2.05) is 25.1 Å². The number of anilines is 1. The van der Waals surface area contributed by atoms with Gasteiger partial charge in [0, 0.05) is 26.2 Å². The number of hydrogen-bond donors (Lipinski definition) is 0. The number of nitrogens with zero attached hydrogens (tertiary/aromatic N) is 3.